The van der Waals surface area contributed by atoms with Gasteiger partial charge in [0.1, 0.15) is 0 Å². The molecular formula is C38H51NO. The van der Waals surface area contributed by atoms with E-state index in [1.54, 1.807) is 0 Å². The van der Waals surface area contributed by atoms with Crippen LogP contribution in [0.5, 0.6) is 0 Å². The van der Waals surface area contributed by atoms with Gasteiger partial charge in [0.2, 0.25) is 5.91 Å². The van der Waals surface area contributed by atoms with Crippen molar-refractivity contribution >= 4 is 5.91 Å². The molecule has 0 aliphatic rings. The van der Waals surface area contributed by atoms with Crippen molar-refractivity contribution in [3.05, 3.63) is 119 Å². The SMILES string of the molecule is CCCCCCCCC(CCCCCCCC)=C(C(N)=O)C(c1ccccc1)(c1ccccc1)c1ccccc1. The van der Waals surface area contributed by atoms with Gasteiger partial charge in [-0.15, -0.1) is 0 Å². The maximum Gasteiger partial charge on any atom is 0.246 e. The first-order chi connectivity index (χ1) is 19.7. The molecule has 0 atom stereocenters. The van der Waals surface area contributed by atoms with Crippen molar-refractivity contribution in [3.63, 3.8) is 0 Å². The normalized spacial score (nSPS) is 11.3. The molecule has 0 heterocycles. The Labute approximate surface area is 244 Å². The highest BCUT2D eigenvalue weighted by Crippen LogP contribution is 2.47. The first-order valence-electron chi connectivity index (χ1n) is 15.8. The summed E-state index contributed by atoms with van der Waals surface area (Å²) >= 11 is 0. The lowest BCUT2D eigenvalue weighted by molar-refractivity contribution is -0.115. The fourth-order valence-corrected chi connectivity index (χ4v) is 6.23. The van der Waals surface area contributed by atoms with E-state index in [4.69, 9.17) is 5.73 Å². The summed E-state index contributed by atoms with van der Waals surface area (Å²) in [5, 5.41) is 0. The van der Waals surface area contributed by atoms with Gasteiger partial charge in [0.25, 0.3) is 0 Å². The molecule has 2 N–H and O–H groups in total. The van der Waals surface area contributed by atoms with Crippen molar-refractivity contribution in [1.29, 1.82) is 0 Å². The molecule has 40 heavy (non-hydrogen) atoms. The number of nitrogens with two attached hydrogens (primary N) is 1. The van der Waals surface area contributed by atoms with Crippen LogP contribution in [0.3, 0.4) is 0 Å². The summed E-state index contributed by atoms with van der Waals surface area (Å²) in [7, 11) is 0. The van der Waals surface area contributed by atoms with Gasteiger partial charge in [-0.05, 0) is 42.4 Å². The second-order valence-electron chi connectivity index (χ2n) is 11.2. The van der Waals surface area contributed by atoms with Crippen LogP contribution < -0.4 is 5.73 Å². The molecule has 0 unspecified atom stereocenters. The molecule has 0 spiro atoms. The fraction of sp³-hybridized carbons (Fsp3) is 0.447. The zero-order chi connectivity index (χ0) is 28.5. The monoisotopic (exact) mass is 537 g/mol. The standard InChI is InChI=1S/C38H51NO/c1-3-5-7-9-11-16-24-32(25-17-12-10-8-6-4-2)36(37(39)40)38(33-26-18-13-19-27-33,34-28-20-14-21-29-34)35-30-22-15-23-31-35/h13-15,18-23,26-31H,3-12,16-17,24-25H2,1-2H3,(H2,39,40). The van der Waals surface area contributed by atoms with Gasteiger partial charge >= 0.3 is 0 Å². The Hall–Kier alpha value is -3.13. The smallest absolute Gasteiger partial charge is 0.246 e. The highest BCUT2D eigenvalue weighted by atomic mass is 16.1. The van der Waals surface area contributed by atoms with Gasteiger partial charge in [0, 0.05) is 5.57 Å². The lowest BCUT2D eigenvalue weighted by Gasteiger charge is -2.39. The summed E-state index contributed by atoms with van der Waals surface area (Å²) in [6, 6.07) is 31.6. The van der Waals surface area contributed by atoms with E-state index in [-0.39, 0.29) is 5.91 Å². The number of allylic oxidation sites excluding steroid dienone is 1. The second kappa shape index (κ2) is 17.5. The lowest BCUT2D eigenvalue weighted by Crippen LogP contribution is -2.39. The minimum atomic E-state index is -0.768. The van der Waals surface area contributed by atoms with Gasteiger partial charge < -0.3 is 5.73 Å². The average Bonchev–Trinajstić information content (AvgIpc) is 2.99. The van der Waals surface area contributed by atoms with Crippen molar-refractivity contribution in [1.82, 2.24) is 0 Å². The molecule has 0 bridgehead atoms. The molecule has 3 rings (SSSR count). The Balaban J connectivity index is 2.18. The van der Waals surface area contributed by atoms with Crippen LogP contribution in [0.25, 0.3) is 0 Å². The predicted octanol–water partition coefficient (Wildman–Crippen LogP) is 10.3. The van der Waals surface area contributed by atoms with Crippen LogP contribution in [-0.4, -0.2) is 5.91 Å². The van der Waals surface area contributed by atoms with Crippen LogP contribution in [0.1, 0.15) is 120 Å². The number of primary amides is 1. The fourth-order valence-electron chi connectivity index (χ4n) is 6.23. The van der Waals surface area contributed by atoms with Crippen LogP contribution >= 0.6 is 0 Å². The maximum absolute atomic E-state index is 13.8. The summed E-state index contributed by atoms with van der Waals surface area (Å²) < 4.78 is 0. The van der Waals surface area contributed by atoms with E-state index < -0.39 is 5.41 Å². The zero-order valence-electron chi connectivity index (χ0n) is 25.0. The molecule has 1 amide bonds. The molecule has 0 aromatic heterocycles. The summed E-state index contributed by atoms with van der Waals surface area (Å²) in [6.45, 7) is 4.52. The van der Waals surface area contributed by atoms with E-state index in [0.29, 0.717) is 0 Å². The van der Waals surface area contributed by atoms with Crippen molar-refractivity contribution in [2.24, 2.45) is 5.73 Å². The highest BCUT2D eigenvalue weighted by molar-refractivity contribution is 5.98. The maximum atomic E-state index is 13.8. The van der Waals surface area contributed by atoms with Gasteiger partial charge in [-0.1, -0.05) is 175 Å². The van der Waals surface area contributed by atoms with E-state index in [9.17, 15) is 4.79 Å². The molecule has 2 heteroatoms. The van der Waals surface area contributed by atoms with E-state index in [0.717, 1.165) is 47.9 Å². The Kier molecular flexibility index (Phi) is 13.8. The van der Waals surface area contributed by atoms with Crippen molar-refractivity contribution in [2.75, 3.05) is 0 Å². The van der Waals surface area contributed by atoms with Gasteiger partial charge in [-0.2, -0.15) is 0 Å². The third-order valence-corrected chi connectivity index (χ3v) is 8.26. The third-order valence-electron chi connectivity index (χ3n) is 8.26. The van der Waals surface area contributed by atoms with E-state index >= 15 is 0 Å². The second-order valence-corrected chi connectivity index (χ2v) is 11.2. The highest BCUT2D eigenvalue weighted by Gasteiger charge is 2.43. The first kappa shape index (κ1) is 31.4. The molecule has 2 nitrogen and oxygen atoms in total. The predicted molar refractivity (Wildman–Crippen MR) is 171 cm³/mol. The van der Waals surface area contributed by atoms with Crippen LogP contribution in [-0.2, 0) is 10.2 Å². The van der Waals surface area contributed by atoms with E-state index in [1.165, 1.54) is 69.8 Å². The number of hydrogen-bond acceptors (Lipinski definition) is 1. The van der Waals surface area contributed by atoms with Gasteiger partial charge in [0.15, 0.2) is 0 Å². The van der Waals surface area contributed by atoms with Crippen LogP contribution in [0.15, 0.2) is 102 Å². The number of benzene rings is 3. The Morgan fingerprint density at radius 2 is 0.850 bits per heavy atom. The third kappa shape index (κ3) is 8.43. The first-order valence-corrected chi connectivity index (χ1v) is 15.8. The van der Waals surface area contributed by atoms with Crippen LogP contribution in [0.2, 0.25) is 0 Å². The van der Waals surface area contributed by atoms with E-state index in [2.05, 4.69) is 86.6 Å². The van der Waals surface area contributed by atoms with Gasteiger partial charge in [-0.25, -0.2) is 0 Å². The summed E-state index contributed by atoms with van der Waals surface area (Å²) in [5.41, 5.74) is 11.0. The van der Waals surface area contributed by atoms with Crippen molar-refractivity contribution in [2.45, 2.75) is 109 Å². The largest absolute Gasteiger partial charge is 0.366 e. The minimum Gasteiger partial charge on any atom is -0.366 e. The number of amides is 1. The molecule has 0 aliphatic heterocycles. The average molecular weight is 538 g/mol. The number of carbonyl (C=O) groups excluding carboxylic acids is 1. The summed E-state index contributed by atoms with van der Waals surface area (Å²) in [4.78, 5) is 13.8. The molecular weight excluding hydrogens is 486 g/mol. The van der Waals surface area contributed by atoms with Crippen molar-refractivity contribution in [3.8, 4) is 0 Å². The number of unbranched alkanes of at least 4 members (excludes halogenated alkanes) is 10. The molecule has 214 valence electrons. The van der Waals surface area contributed by atoms with Gasteiger partial charge in [0.05, 0.1) is 5.41 Å². The van der Waals surface area contributed by atoms with E-state index in [1.807, 2.05) is 18.2 Å². The molecule has 0 fully saturated rings. The topological polar surface area (TPSA) is 43.1 Å². The molecule has 3 aromatic rings. The molecule has 3 aromatic carbocycles. The lowest BCUT2D eigenvalue weighted by atomic mass is 9.62. The quantitative estimate of drug-likeness (QED) is 0.0922. The van der Waals surface area contributed by atoms with Crippen LogP contribution in [0, 0.1) is 0 Å². The number of hydrogen-bond donors (Lipinski definition) is 1. The Morgan fingerprint density at radius 1 is 0.525 bits per heavy atom. The number of carbonyl (C=O) groups is 1. The number of rotatable bonds is 19. The van der Waals surface area contributed by atoms with Gasteiger partial charge in [-0.3, -0.25) is 4.79 Å². The van der Waals surface area contributed by atoms with Crippen molar-refractivity contribution < 1.29 is 4.79 Å². The Bertz CT molecular complexity index is 1020. The Morgan fingerprint density at radius 3 is 1.18 bits per heavy atom. The minimum absolute atomic E-state index is 0.302. The molecule has 0 radical (unpaired) electrons. The summed E-state index contributed by atoms with van der Waals surface area (Å²) in [5.74, 6) is -0.302. The molecule has 0 aliphatic carbocycles. The van der Waals surface area contributed by atoms with Crippen LogP contribution in [0.4, 0.5) is 0 Å². The molecule has 0 saturated heterocycles. The molecule has 0 saturated carbocycles. The zero-order valence-corrected chi connectivity index (χ0v) is 25.0. The summed E-state index contributed by atoms with van der Waals surface area (Å²) in [6.07, 6.45) is 16.6.